The van der Waals surface area contributed by atoms with Crippen LogP contribution in [-0.4, -0.2) is 85.1 Å². The summed E-state index contributed by atoms with van der Waals surface area (Å²) in [6.45, 7) is 12.7. The minimum atomic E-state index is -0.801. The number of halogens is 3. The van der Waals surface area contributed by atoms with Crippen LogP contribution in [0.15, 0.2) is 55.2 Å². The fourth-order valence-electron chi connectivity index (χ4n) is 8.38. The second-order valence-electron chi connectivity index (χ2n) is 14.8. The molecule has 0 bridgehead atoms. The summed E-state index contributed by atoms with van der Waals surface area (Å²) in [5.41, 5.74) is 8.03. The Hall–Kier alpha value is -5.17. The van der Waals surface area contributed by atoms with E-state index in [1.165, 1.54) is 29.5 Å². The van der Waals surface area contributed by atoms with Crippen LogP contribution in [0.4, 0.5) is 24.4 Å². The summed E-state index contributed by atoms with van der Waals surface area (Å²) in [6.07, 6.45) is 8.54. The Morgan fingerprint density at radius 1 is 1.16 bits per heavy atom. The van der Waals surface area contributed by atoms with E-state index in [2.05, 4.69) is 39.2 Å². The number of aromatic nitrogens is 5. The summed E-state index contributed by atoms with van der Waals surface area (Å²) in [7, 11) is 0. The van der Waals surface area contributed by atoms with E-state index in [4.69, 9.17) is 27.1 Å². The monoisotopic (exact) mass is 784 g/mol. The van der Waals surface area contributed by atoms with E-state index in [0.717, 1.165) is 67.7 Å². The van der Waals surface area contributed by atoms with E-state index >= 15 is 8.78 Å². The van der Waals surface area contributed by atoms with Crippen molar-refractivity contribution in [2.24, 2.45) is 0 Å². The first-order valence-electron chi connectivity index (χ1n) is 18.2. The lowest BCUT2D eigenvalue weighted by Crippen LogP contribution is -2.48. The van der Waals surface area contributed by atoms with Gasteiger partial charge in [0.05, 0.1) is 27.5 Å². The number of carbonyl (C=O) groups is 1. The molecular weight excluding hydrogens is 746 g/mol. The van der Waals surface area contributed by atoms with Gasteiger partial charge in [-0.15, -0.1) is 11.3 Å². The molecule has 2 aromatic carbocycles. The van der Waals surface area contributed by atoms with Gasteiger partial charge in [-0.25, -0.2) is 18.6 Å². The first-order valence-corrected chi connectivity index (χ1v) is 19.4. The number of carbonyl (C=O) groups excluding carboxylic acids is 1. The average Bonchev–Trinajstić information content (AvgIpc) is 3.93. The molecule has 2 N–H and O–H groups in total. The van der Waals surface area contributed by atoms with Crippen LogP contribution in [0.1, 0.15) is 57.4 Å². The smallest absolute Gasteiger partial charge is 0.347 e. The number of ether oxygens (including phenoxy) is 1. The van der Waals surface area contributed by atoms with Gasteiger partial charge >= 0.3 is 12.0 Å². The first kappa shape index (κ1) is 36.8. The Morgan fingerprint density at radius 2 is 1.93 bits per heavy atom. The second kappa shape index (κ2) is 14.5. The van der Waals surface area contributed by atoms with Crippen molar-refractivity contribution in [1.82, 2.24) is 34.5 Å². The molecule has 1 atom stereocenters. The number of hydrogen-bond donors (Lipinski definition) is 1. The largest absolute Gasteiger partial charge is 0.461 e. The number of fused-ring (bicyclic) bond motifs is 3. The van der Waals surface area contributed by atoms with E-state index in [9.17, 15) is 10.1 Å². The highest BCUT2D eigenvalue weighted by Crippen LogP contribution is 2.47. The van der Waals surface area contributed by atoms with Gasteiger partial charge in [0.1, 0.15) is 47.5 Å². The lowest BCUT2D eigenvalue weighted by atomic mass is 9.92. The molecule has 5 aromatic rings. The minimum Gasteiger partial charge on any atom is -0.461 e. The lowest BCUT2D eigenvalue weighted by Gasteiger charge is -2.37. The van der Waals surface area contributed by atoms with Crippen molar-refractivity contribution < 1.29 is 18.3 Å². The fourth-order valence-corrected chi connectivity index (χ4v) is 9.62. The summed E-state index contributed by atoms with van der Waals surface area (Å²) in [5, 5.41) is 14.7. The molecule has 12 nitrogen and oxygen atoms in total. The zero-order valence-electron chi connectivity index (χ0n) is 30.3. The predicted octanol–water partition coefficient (Wildman–Crippen LogP) is 7.91. The van der Waals surface area contributed by atoms with Crippen molar-refractivity contribution in [3.8, 4) is 23.2 Å². The van der Waals surface area contributed by atoms with E-state index in [1.807, 2.05) is 11.8 Å². The number of amides is 1. The van der Waals surface area contributed by atoms with Gasteiger partial charge in [-0.3, -0.25) is 4.90 Å². The van der Waals surface area contributed by atoms with Crippen LogP contribution in [0.3, 0.4) is 0 Å². The van der Waals surface area contributed by atoms with Crippen LogP contribution in [0.5, 0.6) is 6.01 Å². The Balaban J connectivity index is 1.31. The average molecular weight is 785 g/mol. The second-order valence-corrected chi connectivity index (χ2v) is 16.3. The molecule has 0 saturated carbocycles. The molecule has 8 rings (SSSR count). The van der Waals surface area contributed by atoms with Crippen molar-refractivity contribution in [2.75, 3.05) is 43.5 Å². The van der Waals surface area contributed by atoms with Crippen molar-refractivity contribution in [2.45, 2.75) is 63.5 Å². The molecule has 6 heterocycles. The summed E-state index contributed by atoms with van der Waals surface area (Å²) >= 11 is 7.92. The molecule has 3 aliphatic heterocycles. The van der Waals surface area contributed by atoms with Gasteiger partial charge in [0.15, 0.2) is 5.82 Å². The van der Waals surface area contributed by atoms with Crippen LogP contribution in [-0.2, 0) is 0 Å². The van der Waals surface area contributed by atoms with Crippen LogP contribution in [0.2, 0.25) is 5.02 Å². The van der Waals surface area contributed by atoms with E-state index in [-0.39, 0.29) is 79.2 Å². The third-order valence-electron chi connectivity index (χ3n) is 11.0. The van der Waals surface area contributed by atoms with E-state index in [1.54, 1.807) is 11.0 Å². The molecule has 0 aliphatic carbocycles. The number of hydrogen-bond acceptors (Lipinski definition) is 11. The number of nitrogens with zero attached hydrogens (tertiary/aromatic N) is 9. The highest BCUT2D eigenvalue weighted by Gasteiger charge is 2.48. The van der Waals surface area contributed by atoms with Gasteiger partial charge in [-0.1, -0.05) is 61.2 Å². The molecule has 3 aromatic heterocycles. The molecule has 3 saturated heterocycles. The maximum Gasteiger partial charge on any atom is 0.347 e. The summed E-state index contributed by atoms with van der Waals surface area (Å²) in [5.74, 6) is -1.06. The molecular formula is C39H39ClF2N10O2S. The minimum absolute atomic E-state index is 0.00202. The third-order valence-corrected chi connectivity index (χ3v) is 12.3. The number of benzene rings is 2. The Bertz CT molecular complexity index is 2390. The zero-order chi connectivity index (χ0) is 38.6. The molecule has 284 valence electrons. The molecule has 1 amide bonds. The summed E-state index contributed by atoms with van der Waals surface area (Å²) in [4.78, 5) is 33.4. The van der Waals surface area contributed by atoms with Crippen molar-refractivity contribution in [3.05, 3.63) is 77.4 Å². The van der Waals surface area contributed by atoms with Gasteiger partial charge < -0.3 is 20.3 Å². The number of anilines is 2. The van der Waals surface area contributed by atoms with Gasteiger partial charge in [0, 0.05) is 42.0 Å². The van der Waals surface area contributed by atoms with Crippen LogP contribution < -0.4 is 15.4 Å². The Labute approximate surface area is 325 Å². The number of nitriles is 1. The number of rotatable bonds is 5. The normalized spacial score (nSPS) is 19.3. The van der Waals surface area contributed by atoms with Crippen molar-refractivity contribution >= 4 is 60.8 Å². The molecule has 3 aliphatic rings. The summed E-state index contributed by atoms with van der Waals surface area (Å²) in [6, 6.07) is 5.67. The van der Waals surface area contributed by atoms with Gasteiger partial charge in [-0.2, -0.15) is 25.0 Å². The zero-order valence-corrected chi connectivity index (χ0v) is 31.9. The number of nitrogens with two attached hydrogens (primary N) is 1. The van der Waals surface area contributed by atoms with Gasteiger partial charge in [0.2, 0.25) is 0 Å². The SMILES string of the molecule is C=C1CN2CC(=C)CC2(COc2nc(N3CN(C(=O)n4cncn4)CCCCCCC3C)c3cc(Cl)c(-c4ccc(F)c5sc(N)c(C#N)c45)c(F)c3n2)C1. The topological polar surface area (TPSA) is 142 Å². The van der Waals surface area contributed by atoms with E-state index in [0.29, 0.717) is 30.6 Å². The maximum atomic E-state index is 17.5. The van der Waals surface area contributed by atoms with Crippen LogP contribution >= 0.6 is 22.9 Å². The van der Waals surface area contributed by atoms with E-state index < -0.39 is 11.6 Å². The predicted molar refractivity (Wildman–Crippen MR) is 209 cm³/mol. The Morgan fingerprint density at radius 3 is 2.65 bits per heavy atom. The summed E-state index contributed by atoms with van der Waals surface area (Å²) < 4.78 is 40.3. The van der Waals surface area contributed by atoms with Gasteiger partial charge in [0.25, 0.3) is 0 Å². The fraction of sp³-hybridized carbons (Fsp3) is 0.385. The quantitative estimate of drug-likeness (QED) is 0.175. The molecule has 0 radical (unpaired) electrons. The van der Waals surface area contributed by atoms with Crippen molar-refractivity contribution in [3.63, 3.8) is 0 Å². The van der Waals surface area contributed by atoms with Gasteiger partial charge in [-0.05, 0) is 50.3 Å². The lowest BCUT2D eigenvalue weighted by molar-refractivity contribution is 0.108. The highest BCUT2D eigenvalue weighted by atomic mass is 35.5. The van der Waals surface area contributed by atoms with Crippen LogP contribution in [0, 0.1) is 23.0 Å². The molecule has 3 fully saturated rings. The first-order chi connectivity index (χ1) is 26.5. The molecule has 55 heavy (non-hydrogen) atoms. The number of nitrogen functional groups attached to an aromatic ring is 1. The van der Waals surface area contributed by atoms with Crippen molar-refractivity contribution in [1.29, 1.82) is 5.26 Å². The third kappa shape index (κ3) is 6.55. The standard InChI is InChI=1S/C39H39ClF2N10O2S/c1-22-13-39(14-23(2)17-50(39)16-22)18-54-37-47-33-26(12-28(40)31(32(33)42)25-9-10-29(41)34-30(25)27(15-43)35(44)55-34)36(48-37)51-21-49(38(53)52-20-45-19-46-52)11-7-5-4-6-8-24(51)3/h9-10,12,19-20,24H,1-2,4-8,11,13-14,16-18,21,44H2,3H3. The van der Waals surface area contributed by atoms with Crippen LogP contribution in [0.25, 0.3) is 32.1 Å². The number of thiophene rings is 1. The molecule has 1 unspecified atom stereocenters. The Kier molecular flexibility index (Phi) is 9.69. The highest BCUT2D eigenvalue weighted by molar-refractivity contribution is 7.23. The molecule has 0 spiro atoms. The maximum absolute atomic E-state index is 17.5. The molecule has 16 heteroatoms.